The first-order valence-corrected chi connectivity index (χ1v) is 7.43. The maximum Gasteiger partial charge on any atom is 0.226 e. The zero-order valence-electron chi connectivity index (χ0n) is 12.8. The van der Waals surface area contributed by atoms with Crippen molar-refractivity contribution in [1.82, 2.24) is 0 Å². The van der Waals surface area contributed by atoms with E-state index in [-0.39, 0.29) is 18.1 Å². The van der Waals surface area contributed by atoms with Crippen LogP contribution < -0.4 is 10.7 Å². The number of anilines is 1. The van der Waals surface area contributed by atoms with Gasteiger partial charge in [-0.05, 0) is 36.4 Å². The largest absolute Gasteiger partial charge is 0.502 e. The standard InChI is InChI=1S/C20H15NO3/c22-18-12-13-24-19(20(18)23)14-21-17-10-8-16(9-11-17)7-6-15-4-2-1-3-5-15/h1-5,8-13,21,23H,14H2. The Balaban J connectivity index is 1.66. The minimum absolute atomic E-state index is 0.204. The molecule has 0 aliphatic heterocycles. The van der Waals surface area contributed by atoms with Gasteiger partial charge in [0.15, 0.2) is 5.76 Å². The molecule has 0 fully saturated rings. The molecule has 0 radical (unpaired) electrons. The molecule has 24 heavy (non-hydrogen) atoms. The molecule has 0 saturated heterocycles. The van der Waals surface area contributed by atoms with Gasteiger partial charge in [0.25, 0.3) is 0 Å². The summed E-state index contributed by atoms with van der Waals surface area (Å²) < 4.78 is 5.14. The van der Waals surface area contributed by atoms with Crippen LogP contribution in [0.4, 0.5) is 5.69 Å². The molecule has 1 aromatic heterocycles. The van der Waals surface area contributed by atoms with E-state index in [4.69, 9.17) is 4.42 Å². The van der Waals surface area contributed by atoms with E-state index in [0.29, 0.717) is 0 Å². The molecule has 3 rings (SSSR count). The topological polar surface area (TPSA) is 62.5 Å². The predicted octanol–water partition coefficient (Wildman–Crippen LogP) is 3.36. The highest BCUT2D eigenvalue weighted by atomic mass is 16.4. The van der Waals surface area contributed by atoms with E-state index in [0.717, 1.165) is 16.8 Å². The number of rotatable bonds is 3. The molecule has 0 amide bonds. The van der Waals surface area contributed by atoms with Crippen LogP contribution in [0.5, 0.6) is 5.75 Å². The van der Waals surface area contributed by atoms with Gasteiger partial charge in [-0.1, -0.05) is 30.0 Å². The second kappa shape index (κ2) is 7.21. The summed E-state index contributed by atoms with van der Waals surface area (Å²) in [7, 11) is 0. The van der Waals surface area contributed by atoms with Crippen molar-refractivity contribution < 1.29 is 9.52 Å². The number of hydrogen-bond acceptors (Lipinski definition) is 4. The fraction of sp³-hybridized carbons (Fsp3) is 0.0500. The van der Waals surface area contributed by atoms with Crippen molar-refractivity contribution in [2.24, 2.45) is 0 Å². The third-order valence-electron chi connectivity index (χ3n) is 3.39. The molecule has 0 aliphatic carbocycles. The van der Waals surface area contributed by atoms with Gasteiger partial charge in [-0.2, -0.15) is 0 Å². The third kappa shape index (κ3) is 3.84. The Labute approximate surface area is 139 Å². The van der Waals surface area contributed by atoms with Gasteiger partial charge in [-0.15, -0.1) is 0 Å². The Kier molecular flexibility index (Phi) is 4.64. The van der Waals surface area contributed by atoms with Crippen molar-refractivity contribution in [1.29, 1.82) is 0 Å². The zero-order chi connectivity index (χ0) is 16.8. The van der Waals surface area contributed by atoms with E-state index in [1.54, 1.807) is 0 Å². The summed E-state index contributed by atoms with van der Waals surface area (Å²) in [6.45, 7) is 0.219. The van der Waals surface area contributed by atoms with Crippen molar-refractivity contribution in [2.75, 3.05) is 5.32 Å². The molecular formula is C20H15NO3. The summed E-state index contributed by atoms with van der Waals surface area (Å²) in [5.74, 6) is 6.04. The molecule has 0 aliphatic rings. The van der Waals surface area contributed by atoms with Crippen LogP contribution in [-0.2, 0) is 6.54 Å². The number of nitrogens with one attached hydrogen (secondary N) is 1. The fourth-order valence-corrected chi connectivity index (χ4v) is 2.10. The van der Waals surface area contributed by atoms with Gasteiger partial charge in [-0.3, -0.25) is 4.79 Å². The molecule has 4 heteroatoms. The molecule has 0 unspecified atom stereocenters. The van der Waals surface area contributed by atoms with Crippen LogP contribution in [0.25, 0.3) is 0 Å². The molecule has 2 N–H and O–H groups in total. The smallest absolute Gasteiger partial charge is 0.226 e. The maximum absolute atomic E-state index is 11.3. The van der Waals surface area contributed by atoms with Gasteiger partial charge >= 0.3 is 0 Å². The van der Waals surface area contributed by atoms with Crippen LogP contribution in [0.15, 0.2) is 76.1 Å². The molecule has 0 bridgehead atoms. The van der Waals surface area contributed by atoms with E-state index >= 15 is 0 Å². The van der Waals surface area contributed by atoms with Crippen LogP contribution in [0, 0.1) is 11.8 Å². The highest BCUT2D eigenvalue weighted by Gasteiger charge is 2.06. The first kappa shape index (κ1) is 15.4. The van der Waals surface area contributed by atoms with Gasteiger partial charge in [0.05, 0.1) is 12.8 Å². The molecule has 0 spiro atoms. The molecule has 0 saturated carbocycles. The van der Waals surface area contributed by atoms with Gasteiger partial charge in [0.1, 0.15) is 0 Å². The first-order valence-electron chi connectivity index (χ1n) is 7.43. The van der Waals surface area contributed by atoms with E-state index < -0.39 is 5.43 Å². The normalized spacial score (nSPS) is 9.83. The van der Waals surface area contributed by atoms with Crippen molar-refractivity contribution >= 4 is 5.69 Å². The Morgan fingerprint density at radius 1 is 0.917 bits per heavy atom. The summed E-state index contributed by atoms with van der Waals surface area (Å²) >= 11 is 0. The Morgan fingerprint density at radius 3 is 2.29 bits per heavy atom. The van der Waals surface area contributed by atoms with Crippen molar-refractivity contribution in [2.45, 2.75) is 6.54 Å². The highest BCUT2D eigenvalue weighted by Crippen LogP contribution is 2.14. The highest BCUT2D eigenvalue weighted by molar-refractivity contribution is 5.50. The second-order valence-corrected chi connectivity index (χ2v) is 5.10. The predicted molar refractivity (Wildman–Crippen MR) is 92.8 cm³/mol. The van der Waals surface area contributed by atoms with Crippen LogP contribution in [0.3, 0.4) is 0 Å². The van der Waals surface area contributed by atoms with Crippen LogP contribution >= 0.6 is 0 Å². The van der Waals surface area contributed by atoms with E-state index in [9.17, 15) is 9.90 Å². The number of aromatic hydroxyl groups is 1. The zero-order valence-corrected chi connectivity index (χ0v) is 12.8. The molecule has 1 heterocycles. The molecular weight excluding hydrogens is 302 g/mol. The van der Waals surface area contributed by atoms with E-state index in [1.807, 2.05) is 54.6 Å². The number of hydrogen-bond donors (Lipinski definition) is 2. The lowest BCUT2D eigenvalue weighted by atomic mass is 10.1. The summed E-state index contributed by atoms with van der Waals surface area (Å²) in [5.41, 5.74) is 2.25. The van der Waals surface area contributed by atoms with Gasteiger partial charge in [-0.25, -0.2) is 0 Å². The molecule has 0 atom stereocenters. The fourth-order valence-electron chi connectivity index (χ4n) is 2.10. The lowest BCUT2D eigenvalue weighted by molar-refractivity contribution is 0.403. The second-order valence-electron chi connectivity index (χ2n) is 5.10. The van der Waals surface area contributed by atoms with E-state index in [1.165, 1.54) is 12.3 Å². The minimum Gasteiger partial charge on any atom is -0.502 e. The van der Waals surface area contributed by atoms with Crippen LogP contribution in [0.1, 0.15) is 16.9 Å². The van der Waals surface area contributed by atoms with Crippen molar-refractivity contribution in [3.63, 3.8) is 0 Å². The molecule has 2 aromatic carbocycles. The lowest BCUT2D eigenvalue weighted by Gasteiger charge is -2.06. The van der Waals surface area contributed by atoms with Crippen molar-refractivity contribution in [3.8, 4) is 17.6 Å². The molecule has 4 nitrogen and oxygen atoms in total. The van der Waals surface area contributed by atoms with Crippen molar-refractivity contribution in [3.05, 3.63) is 94.0 Å². The Bertz CT molecular complexity index is 932. The van der Waals surface area contributed by atoms with Gasteiger partial charge in [0, 0.05) is 22.9 Å². The van der Waals surface area contributed by atoms with Gasteiger partial charge in [0.2, 0.25) is 11.2 Å². The third-order valence-corrected chi connectivity index (χ3v) is 3.39. The summed E-state index contributed by atoms with van der Waals surface area (Å²) in [4.78, 5) is 11.3. The van der Waals surface area contributed by atoms with Gasteiger partial charge < -0.3 is 14.8 Å². The van der Waals surface area contributed by atoms with Crippen LogP contribution in [-0.4, -0.2) is 5.11 Å². The summed E-state index contributed by atoms with van der Waals surface area (Å²) in [6, 6.07) is 18.5. The quantitative estimate of drug-likeness (QED) is 0.727. The Hall–Kier alpha value is -3.45. The number of benzene rings is 2. The summed E-state index contributed by atoms with van der Waals surface area (Å²) in [6.07, 6.45) is 1.27. The monoisotopic (exact) mass is 317 g/mol. The summed E-state index contributed by atoms with van der Waals surface area (Å²) in [5, 5.41) is 12.7. The maximum atomic E-state index is 11.3. The minimum atomic E-state index is -0.454. The SMILES string of the molecule is O=c1ccoc(CNc2ccc(C#Cc3ccccc3)cc2)c1O. The lowest BCUT2D eigenvalue weighted by Crippen LogP contribution is -2.05. The molecule has 118 valence electrons. The average Bonchev–Trinajstić information content (AvgIpc) is 2.63. The van der Waals surface area contributed by atoms with E-state index in [2.05, 4.69) is 17.2 Å². The average molecular weight is 317 g/mol. The van der Waals surface area contributed by atoms with Crippen LogP contribution in [0.2, 0.25) is 0 Å². The molecule has 3 aromatic rings. The Morgan fingerprint density at radius 2 is 1.58 bits per heavy atom. The first-order chi connectivity index (χ1) is 11.7.